The number of rotatable bonds is 10. The third-order valence-corrected chi connectivity index (χ3v) is 3.59. The highest BCUT2D eigenvalue weighted by molar-refractivity contribution is 5.78. The van der Waals surface area contributed by atoms with Crippen LogP contribution < -0.4 is 5.32 Å². The highest BCUT2D eigenvalue weighted by atomic mass is 16.4. The monoisotopic (exact) mass is 334 g/mol. The van der Waals surface area contributed by atoms with Gasteiger partial charge in [-0.1, -0.05) is 12.8 Å². The number of nitrogens with one attached hydrogen (secondary N) is 1. The smallest absolute Gasteiger partial charge is 0.303 e. The van der Waals surface area contributed by atoms with Gasteiger partial charge in [0, 0.05) is 13.0 Å². The molecule has 0 saturated carbocycles. The average Bonchev–Trinajstić information content (AvgIpc) is 3.16. The second-order valence-corrected chi connectivity index (χ2v) is 5.58. The van der Waals surface area contributed by atoms with Crippen LogP contribution in [0.4, 0.5) is 0 Å². The fourth-order valence-electron chi connectivity index (χ4n) is 2.29. The second kappa shape index (κ2) is 8.90. The first-order valence-corrected chi connectivity index (χ1v) is 8.05. The van der Waals surface area contributed by atoms with Crippen LogP contribution in [0.25, 0.3) is 11.7 Å². The molecular formula is C17H22N2O5. The van der Waals surface area contributed by atoms with Crippen LogP contribution in [0.1, 0.15) is 43.6 Å². The molecule has 7 nitrogen and oxygen atoms in total. The minimum atomic E-state index is -0.764. The van der Waals surface area contributed by atoms with Gasteiger partial charge in [0.25, 0.3) is 5.89 Å². The fourth-order valence-corrected chi connectivity index (χ4v) is 2.29. The molecule has 7 heteroatoms. The number of furan rings is 1. The number of hydrogen-bond acceptors (Lipinski definition) is 5. The van der Waals surface area contributed by atoms with Crippen LogP contribution in [0.5, 0.6) is 0 Å². The Hall–Kier alpha value is -2.57. The van der Waals surface area contributed by atoms with Crippen LogP contribution in [-0.4, -0.2) is 28.5 Å². The zero-order chi connectivity index (χ0) is 17.4. The Morgan fingerprint density at radius 1 is 1.25 bits per heavy atom. The summed E-state index contributed by atoms with van der Waals surface area (Å²) in [6.07, 6.45) is 5.18. The molecule has 2 N–H and O–H groups in total. The lowest BCUT2D eigenvalue weighted by Gasteiger charge is -2.04. The molecule has 1 amide bonds. The summed E-state index contributed by atoms with van der Waals surface area (Å²) in [5.41, 5.74) is 0.598. The summed E-state index contributed by atoms with van der Waals surface area (Å²) < 4.78 is 10.7. The molecule has 2 aromatic rings. The molecule has 0 aliphatic rings. The molecule has 0 aliphatic carbocycles. The van der Waals surface area contributed by atoms with E-state index in [1.165, 1.54) is 6.26 Å². The molecule has 0 aliphatic heterocycles. The van der Waals surface area contributed by atoms with Gasteiger partial charge in [0.1, 0.15) is 5.76 Å². The molecule has 0 radical (unpaired) electrons. The number of hydrogen-bond donors (Lipinski definition) is 2. The van der Waals surface area contributed by atoms with Crippen molar-refractivity contribution in [2.75, 3.05) is 6.54 Å². The standard InChI is InChI=1S/C17H22N2O5/c1-12-13(19-17(24-12)14-7-6-10-23-14)11-15(20)18-9-5-3-2-4-8-16(21)22/h6-7,10H,2-5,8-9,11H2,1H3,(H,18,20)(H,21,22). The van der Waals surface area contributed by atoms with Crippen molar-refractivity contribution in [3.63, 3.8) is 0 Å². The molecule has 2 aromatic heterocycles. The van der Waals surface area contributed by atoms with Gasteiger partial charge in [-0.2, -0.15) is 0 Å². The Labute approximate surface area is 140 Å². The van der Waals surface area contributed by atoms with E-state index in [-0.39, 0.29) is 18.7 Å². The number of aromatic nitrogens is 1. The first-order valence-electron chi connectivity index (χ1n) is 8.05. The molecular weight excluding hydrogens is 312 g/mol. The van der Waals surface area contributed by atoms with Crippen molar-refractivity contribution in [2.24, 2.45) is 0 Å². The molecule has 0 aromatic carbocycles. The summed E-state index contributed by atoms with van der Waals surface area (Å²) >= 11 is 0. The van der Waals surface area contributed by atoms with Crippen LogP contribution in [0.2, 0.25) is 0 Å². The van der Waals surface area contributed by atoms with Gasteiger partial charge < -0.3 is 19.3 Å². The number of carbonyl (C=O) groups is 2. The number of oxazole rings is 1. The molecule has 2 rings (SSSR count). The van der Waals surface area contributed by atoms with Gasteiger partial charge in [-0.05, 0) is 31.9 Å². The molecule has 0 atom stereocenters. The van der Waals surface area contributed by atoms with Gasteiger partial charge in [-0.25, -0.2) is 4.98 Å². The number of nitrogens with zero attached hydrogens (tertiary/aromatic N) is 1. The Morgan fingerprint density at radius 2 is 2.04 bits per heavy atom. The second-order valence-electron chi connectivity index (χ2n) is 5.58. The number of unbranched alkanes of at least 4 members (excludes halogenated alkanes) is 3. The fraction of sp³-hybridized carbons (Fsp3) is 0.471. The van der Waals surface area contributed by atoms with E-state index in [2.05, 4.69) is 10.3 Å². The summed E-state index contributed by atoms with van der Waals surface area (Å²) in [6.45, 7) is 2.35. The predicted octanol–water partition coefficient (Wildman–Crippen LogP) is 2.94. The number of carbonyl (C=O) groups excluding carboxylic acids is 1. The summed E-state index contributed by atoms with van der Waals surface area (Å²) in [5.74, 6) is 0.637. The molecule has 0 bridgehead atoms. The summed E-state index contributed by atoms with van der Waals surface area (Å²) in [7, 11) is 0. The van der Waals surface area contributed by atoms with E-state index in [1.807, 2.05) is 0 Å². The Bertz CT molecular complexity index is 661. The van der Waals surface area contributed by atoms with Crippen molar-refractivity contribution in [1.82, 2.24) is 10.3 Å². The number of carboxylic acid groups (broad SMARTS) is 1. The highest BCUT2D eigenvalue weighted by Crippen LogP contribution is 2.22. The van der Waals surface area contributed by atoms with Crippen LogP contribution in [-0.2, 0) is 16.0 Å². The lowest BCUT2D eigenvalue weighted by Crippen LogP contribution is -2.26. The van der Waals surface area contributed by atoms with Crippen molar-refractivity contribution >= 4 is 11.9 Å². The summed E-state index contributed by atoms with van der Waals surface area (Å²) in [4.78, 5) is 26.6. The third kappa shape index (κ3) is 5.57. The van der Waals surface area contributed by atoms with E-state index < -0.39 is 5.97 Å². The van der Waals surface area contributed by atoms with Crippen LogP contribution in [0.15, 0.2) is 27.2 Å². The lowest BCUT2D eigenvalue weighted by molar-refractivity contribution is -0.137. The minimum absolute atomic E-state index is 0.108. The molecule has 24 heavy (non-hydrogen) atoms. The Morgan fingerprint density at radius 3 is 2.75 bits per heavy atom. The molecule has 0 fully saturated rings. The maximum absolute atomic E-state index is 11.9. The first-order chi connectivity index (χ1) is 11.6. The van der Waals surface area contributed by atoms with E-state index in [9.17, 15) is 9.59 Å². The average molecular weight is 334 g/mol. The number of carboxylic acids is 1. The summed E-state index contributed by atoms with van der Waals surface area (Å²) in [5, 5.41) is 11.4. The van der Waals surface area contributed by atoms with E-state index >= 15 is 0 Å². The zero-order valence-corrected chi connectivity index (χ0v) is 13.7. The Balaban J connectivity index is 1.68. The van der Waals surface area contributed by atoms with Crippen molar-refractivity contribution in [1.29, 1.82) is 0 Å². The van der Waals surface area contributed by atoms with Gasteiger partial charge in [-0.15, -0.1) is 0 Å². The molecule has 0 spiro atoms. The topological polar surface area (TPSA) is 106 Å². The summed E-state index contributed by atoms with van der Waals surface area (Å²) in [6, 6.07) is 3.50. The first kappa shape index (κ1) is 17.8. The van der Waals surface area contributed by atoms with Gasteiger partial charge in [0.05, 0.1) is 18.4 Å². The Kier molecular flexibility index (Phi) is 6.60. The molecule has 2 heterocycles. The van der Waals surface area contributed by atoms with Gasteiger partial charge in [0.2, 0.25) is 5.91 Å². The van der Waals surface area contributed by atoms with E-state index in [4.69, 9.17) is 13.9 Å². The van der Waals surface area contributed by atoms with Crippen LogP contribution in [0.3, 0.4) is 0 Å². The van der Waals surface area contributed by atoms with Gasteiger partial charge in [-0.3, -0.25) is 9.59 Å². The largest absolute Gasteiger partial charge is 0.481 e. The van der Waals surface area contributed by atoms with Crippen molar-refractivity contribution in [3.05, 3.63) is 29.9 Å². The predicted molar refractivity (Wildman–Crippen MR) is 86.4 cm³/mol. The van der Waals surface area contributed by atoms with Gasteiger partial charge in [0.15, 0.2) is 5.76 Å². The van der Waals surface area contributed by atoms with E-state index in [0.717, 1.165) is 19.3 Å². The van der Waals surface area contributed by atoms with E-state index in [1.54, 1.807) is 19.1 Å². The van der Waals surface area contributed by atoms with Crippen LogP contribution in [0, 0.1) is 6.92 Å². The van der Waals surface area contributed by atoms with Crippen molar-refractivity contribution in [2.45, 2.75) is 45.4 Å². The number of amides is 1. The third-order valence-electron chi connectivity index (χ3n) is 3.59. The van der Waals surface area contributed by atoms with Crippen molar-refractivity contribution in [3.8, 4) is 11.7 Å². The SMILES string of the molecule is Cc1oc(-c2ccco2)nc1CC(=O)NCCCCCCC(=O)O. The minimum Gasteiger partial charge on any atom is -0.481 e. The number of aliphatic carboxylic acids is 1. The zero-order valence-electron chi connectivity index (χ0n) is 13.7. The van der Waals surface area contributed by atoms with Crippen LogP contribution >= 0.6 is 0 Å². The van der Waals surface area contributed by atoms with E-state index in [0.29, 0.717) is 36.1 Å². The molecule has 130 valence electrons. The normalized spacial score (nSPS) is 10.7. The molecule has 0 unspecified atom stereocenters. The lowest BCUT2D eigenvalue weighted by atomic mass is 10.1. The van der Waals surface area contributed by atoms with Crippen molar-refractivity contribution < 1.29 is 23.5 Å². The highest BCUT2D eigenvalue weighted by Gasteiger charge is 2.15. The van der Waals surface area contributed by atoms with Gasteiger partial charge >= 0.3 is 5.97 Å². The molecule has 0 saturated heterocycles. The maximum Gasteiger partial charge on any atom is 0.303 e. The number of aryl methyl sites for hydroxylation is 1. The quantitative estimate of drug-likeness (QED) is 0.647. The maximum atomic E-state index is 11.9.